The molecule has 0 bridgehead atoms. The van der Waals surface area contributed by atoms with E-state index in [1.54, 1.807) is 42.6 Å². The quantitative estimate of drug-likeness (QED) is 0.315. The van der Waals surface area contributed by atoms with Crippen LogP contribution >= 0.6 is 0 Å². The van der Waals surface area contributed by atoms with Crippen LogP contribution in [0.5, 0.6) is 11.5 Å². The van der Waals surface area contributed by atoms with E-state index in [2.05, 4.69) is 25.5 Å². The van der Waals surface area contributed by atoms with Gasteiger partial charge < -0.3 is 29.9 Å². The lowest BCUT2D eigenvalue weighted by Crippen LogP contribution is -2.50. The first-order chi connectivity index (χ1) is 19.0. The fourth-order valence-electron chi connectivity index (χ4n) is 5.20. The van der Waals surface area contributed by atoms with Gasteiger partial charge in [0.25, 0.3) is 0 Å². The third-order valence-corrected chi connectivity index (χ3v) is 7.49. The Morgan fingerprint density at radius 2 is 1.87 bits per heavy atom. The molecular weight excluding hydrogens is 496 g/mol. The third kappa shape index (κ3) is 6.39. The van der Waals surface area contributed by atoms with Crippen LogP contribution in [0.1, 0.15) is 36.5 Å². The maximum absolute atomic E-state index is 12.8. The molecule has 0 aliphatic carbocycles. The van der Waals surface area contributed by atoms with Crippen molar-refractivity contribution in [2.45, 2.75) is 26.2 Å². The lowest BCUT2D eigenvalue weighted by atomic mass is 10.0. The van der Waals surface area contributed by atoms with Crippen molar-refractivity contribution in [3.63, 3.8) is 0 Å². The maximum Gasteiger partial charge on any atom is 0.321 e. The van der Waals surface area contributed by atoms with Gasteiger partial charge in [-0.15, -0.1) is 0 Å². The van der Waals surface area contributed by atoms with E-state index in [4.69, 9.17) is 9.47 Å². The van der Waals surface area contributed by atoms with Crippen LogP contribution in [0.15, 0.2) is 42.7 Å². The smallest absolute Gasteiger partial charge is 0.321 e. The number of hydrogen-bond acceptors (Lipinski definition) is 8. The standard InChI is InChI=1S/C29H36N6O4/c1-20(36)22-5-7-23(8-6-22)33-29(37)35-13-11-34(12-14-35)28-24-16-26(38-2)27(17-25(24)31-19-32-28)39-15-3-4-21-9-10-30-18-21/h5-8,16-17,19,21,30H,3-4,9-15,18H2,1-2H3,(H,33,37). The molecule has 1 atom stereocenters. The number of ether oxygens (including phenoxy) is 2. The van der Waals surface area contributed by atoms with Crippen LogP contribution < -0.4 is 25.0 Å². The SMILES string of the molecule is COc1cc2c(N3CCN(C(=O)Nc4ccc(C(C)=O)cc4)CC3)ncnc2cc1OCCCC1CCNC1. The monoisotopic (exact) mass is 532 g/mol. The van der Waals surface area contributed by atoms with E-state index >= 15 is 0 Å². The van der Waals surface area contributed by atoms with Crippen LogP contribution in [0.2, 0.25) is 0 Å². The Hall–Kier alpha value is -3.92. The van der Waals surface area contributed by atoms with Crippen LogP contribution in [-0.4, -0.2) is 79.7 Å². The fraction of sp³-hybridized carbons (Fsp3) is 0.448. The predicted molar refractivity (Wildman–Crippen MR) is 151 cm³/mol. The van der Waals surface area contributed by atoms with Gasteiger partial charge in [-0.05, 0) is 75.5 Å². The Bertz CT molecular complexity index is 1300. The molecule has 2 aliphatic heterocycles. The number of ketones is 1. The van der Waals surface area contributed by atoms with E-state index in [0.29, 0.717) is 55.5 Å². The number of benzene rings is 2. The number of rotatable bonds is 9. The van der Waals surface area contributed by atoms with E-state index in [-0.39, 0.29) is 11.8 Å². The highest BCUT2D eigenvalue weighted by atomic mass is 16.5. The highest BCUT2D eigenvalue weighted by Gasteiger charge is 2.24. The maximum atomic E-state index is 12.8. The first-order valence-corrected chi connectivity index (χ1v) is 13.6. The largest absolute Gasteiger partial charge is 0.493 e. The summed E-state index contributed by atoms with van der Waals surface area (Å²) in [6.07, 6.45) is 4.98. The minimum atomic E-state index is -0.162. The molecule has 10 nitrogen and oxygen atoms in total. The van der Waals surface area contributed by atoms with Gasteiger partial charge in [-0.25, -0.2) is 14.8 Å². The first kappa shape index (κ1) is 26.7. The molecule has 5 rings (SSSR count). The van der Waals surface area contributed by atoms with Gasteiger partial charge in [0.05, 0.1) is 19.2 Å². The van der Waals surface area contributed by atoms with E-state index < -0.39 is 0 Å². The zero-order valence-corrected chi connectivity index (χ0v) is 22.6. The van der Waals surface area contributed by atoms with Crippen molar-refractivity contribution in [3.05, 3.63) is 48.3 Å². The topological polar surface area (TPSA) is 109 Å². The molecule has 2 saturated heterocycles. The number of fused-ring (bicyclic) bond motifs is 1. The van der Waals surface area contributed by atoms with Gasteiger partial charge in [-0.3, -0.25) is 4.79 Å². The number of Topliss-reactive ketones (excluding diaryl/α,β-unsaturated/α-hetero) is 1. The molecule has 3 aromatic rings. The van der Waals surface area contributed by atoms with Gasteiger partial charge in [0.2, 0.25) is 0 Å². The minimum Gasteiger partial charge on any atom is -0.493 e. The van der Waals surface area contributed by atoms with E-state index in [1.165, 1.54) is 13.3 Å². The predicted octanol–water partition coefficient (Wildman–Crippen LogP) is 3.96. The Balaban J connectivity index is 1.20. The van der Waals surface area contributed by atoms with Gasteiger partial charge in [0.15, 0.2) is 17.3 Å². The van der Waals surface area contributed by atoms with Crippen molar-refractivity contribution in [3.8, 4) is 11.5 Å². The molecule has 206 valence electrons. The molecule has 2 N–H and O–H groups in total. The third-order valence-electron chi connectivity index (χ3n) is 7.49. The average molecular weight is 533 g/mol. The number of aromatic nitrogens is 2. The number of amides is 2. The summed E-state index contributed by atoms with van der Waals surface area (Å²) < 4.78 is 11.8. The molecular formula is C29H36N6O4. The lowest BCUT2D eigenvalue weighted by molar-refractivity contribution is 0.101. The van der Waals surface area contributed by atoms with Gasteiger partial charge in [0, 0.05) is 48.9 Å². The van der Waals surface area contributed by atoms with Crippen molar-refractivity contribution < 1.29 is 19.1 Å². The lowest BCUT2D eigenvalue weighted by Gasteiger charge is -2.35. The molecule has 2 fully saturated rings. The molecule has 2 amide bonds. The Morgan fingerprint density at radius 3 is 2.56 bits per heavy atom. The van der Waals surface area contributed by atoms with Gasteiger partial charge in [-0.1, -0.05) is 0 Å². The van der Waals surface area contributed by atoms with Crippen LogP contribution in [0.4, 0.5) is 16.3 Å². The summed E-state index contributed by atoms with van der Waals surface area (Å²) >= 11 is 0. The molecule has 1 aromatic heterocycles. The first-order valence-electron chi connectivity index (χ1n) is 13.6. The van der Waals surface area contributed by atoms with Crippen molar-refractivity contribution in [1.29, 1.82) is 0 Å². The normalized spacial score (nSPS) is 17.3. The average Bonchev–Trinajstić information content (AvgIpc) is 3.48. The van der Waals surface area contributed by atoms with Crippen LogP contribution in [-0.2, 0) is 0 Å². The van der Waals surface area contributed by atoms with Gasteiger partial charge in [-0.2, -0.15) is 0 Å². The second-order valence-electron chi connectivity index (χ2n) is 10.1. The van der Waals surface area contributed by atoms with Gasteiger partial charge in [0.1, 0.15) is 12.1 Å². The number of piperazine rings is 1. The van der Waals surface area contributed by atoms with Gasteiger partial charge >= 0.3 is 6.03 Å². The van der Waals surface area contributed by atoms with E-state index in [9.17, 15) is 9.59 Å². The molecule has 39 heavy (non-hydrogen) atoms. The highest BCUT2D eigenvalue weighted by Crippen LogP contribution is 2.35. The molecule has 2 aliphatic rings. The van der Waals surface area contributed by atoms with Crippen molar-refractivity contribution in [1.82, 2.24) is 20.2 Å². The molecule has 10 heteroatoms. The van der Waals surface area contributed by atoms with Crippen LogP contribution in [0.25, 0.3) is 10.9 Å². The summed E-state index contributed by atoms with van der Waals surface area (Å²) in [7, 11) is 1.65. The number of hydrogen-bond donors (Lipinski definition) is 2. The Kier molecular flexibility index (Phi) is 8.41. The zero-order valence-electron chi connectivity index (χ0n) is 22.6. The Morgan fingerprint density at radius 1 is 1.08 bits per heavy atom. The number of nitrogens with zero attached hydrogens (tertiary/aromatic N) is 4. The molecule has 0 radical (unpaired) electrons. The van der Waals surface area contributed by atoms with Crippen LogP contribution in [0.3, 0.4) is 0 Å². The molecule has 0 saturated carbocycles. The Labute approximate surface area is 228 Å². The summed E-state index contributed by atoms with van der Waals surface area (Å²) in [5, 5.41) is 7.22. The number of carbonyl (C=O) groups excluding carboxylic acids is 2. The highest BCUT2D eigenvalue weighted by molar-refractivity contribution is 5.95. The fourth-order valence-corrected chi connectivity index (χ4v) is 5.20. The summed E-state index contributed by atoms with van der Waals surface area (Å²) in [6, 6.07) is 10.6. The number of nitrogens with one attached hydrogen (secondary N) is 2. The van der Waals surface area contributed by atoms with E-state index in [0.717, 1.165) is 48.6 Å². The van der Waals surface area contributed by atoms with Crippen molar-refractivity contribution >= 4 is 34.2 Å². The molecule has 1 unspecified atom stereocenters. The van der Waals surface area contributed by atoms with Crippen molar-refractivity contribution in [2.24, 2.45) is 5.92 Å². The number of methoxy groups -OCH3 is 1. The number of anilines is 2. The summed E-state index contributed by atoms with van der Waals surface area (Å²) in [4.78, 5) is 37.3. The summed E-state index contributed by atoms with van der Waals surface area (Å²) in [6.45, 7) is 6.77. The molecule has 2 aromatic carbocycles. The molecule has 0 spiro atoms. The number of carbonyl (C=O) groups is 2. The minimum absolute atomic E-state index is 0.00452. The van der Waals surface area contributed by atoms with Crippen molar-refractivity contribution in [2.75, 3.05) is 63.2 Å². The second kappa shape index (κ2) is 12.3. The van der Waals surface area contributed by atoms with Crippen LogP contribution in [0, 0.1) is 5.92 Å². The summed E-state index contributed by atoms with van der Waals surface area (Å²) in [5.74, 6) is 2.91. The summed E-state index contributed by atoms with van der Waals surface area (Å²) in [5.41, 5.74) is 2.07. The van der Waals surface area contributed by atoms with E-state index in [1.807, 2.05) is 12.1 Å². The number of urea groups is 1. The second-order valence-corrected chi connectivity index (χ2v) is 10.1. The molecule has 3 heterocycles. The zero-order chi connectivity index (χ0) is 27.2.